The zero-order valence-electron chi connectivity index (χ0n) is 8.06. The Morgan fingerprint density at radius 1 is 1.36 bits per heavy atom. The monoisotopic (exact) mass is 229 g/mol. The Bertz CT molecular complexity index is 340. The molecule has 1 aromatic rings. The molecule has 0 amide bonds. The summed E-state index contributed by atoms with van der Waals surface area (Å²) in [6.07, 6.45) is 6.30. The average molecular weight is 229 g/mol. The fourth-order valence-corrected chi connectivity index (χ4v) is 2.02. The van der Waals surface area contributed by atoms with Crippen LogP contribution in [-0.4, -0.2) is 27.1 Å². The molecular formula is C8H11N3OS2. The predicted molar refractivity (Wildman–Crippen MR) is 60.4 cm³/mol. The van der Waals surface area contributed by atoms with E-state index in [1.807, 2.05) is 12.5 Å². The molecule has 1 aromatic heterocycles. The zero-order valence-corrected chi connectivity index (χ0v) is 9.69. The average Bonchev–Trinajstić information content (AvgIpc) is 2.96. The molecule has 1 saturated carbocycles. The summed E-state index contributed by atoms with van der Waals surface area (Å²) in [6.45, 7) is 0. The summed E-state index contributed by atoms with van der Waals surface area (Å²) in [4.78, 5) is 4.23. The van der Waals surface area contributed by atoms with Crippen molar-refractivity contribution >= 4 is 33.9 Å². The van der Waals surface area contributed by atoms with Crippen molar-refractivity contribution in [3.05, 3.63) is 5.89 Å². The Hall–Kier alpha value is -0.490. The van der Waals surface area contributed by atoms with Gasteiger partial charge in [0.2, 0.25) is 5.89 Å². The third kappa shape index (κ3) is 2.30. The van der Waals surface area contributed by atoms with Crippen LogP contribution >= 0.6 is 23.5 Å². The van der Waals surface area contributed by atoms with Crippen LogP contribution in [0.25, 0.3) is 0 Å². The molecule has 0 spiro atoms. The molecular weight excluding hydrogens is 218 g/mol. The minimum absolute atomic E-state index is 0.380. The van der Waals surface area contributed by atoms with Crippen LogP contribution in [0.5, 0.6) is 0 Å². The maximum Gasteiger partial charge on any atom is 0.344 e. The van der Waals surface area contributed by atoms with Crippen molar-refractivity contribution in [1.82, 2.24) is 10.2 Å². The number of aliphatic imine (C=N–C) groups is 1. The highest BCUT2D eigenvalue weighted by Gasteiger charge is 2.29. The van der Waals surface area contributed by atoms with Crippen LogP contribution in [0.15, 0.2) is 9.41 Å². The van der Waals surface area contributed by atoms with Gasteiger partial charge in [-0.1, -0.05) is 5.10 Å². The van der Waals surface area contributed by atoms with Crippen molar-refractivity contribution in [1.29, 1.82) is 0 Å². The molecule has 6 heteroatoms. The van der Waals surface area contributed by atoms with Crippen molar-refractivity contribution in [3.8, 4) is 0 Å². The normalized spacial score (nSPS) is 15.6. The lowest BCUT2D eigenvalue weighted by atomic mass is 10.4. The van der Waals surface area contributed by atoms with E-state index < -0.39 is 0 Å². The van der Waals surface area contributed by atoms with Gasteiger partial charge in [0.05, 0.1) is 0 Å². The van der Waals surface area contributed by atoms with E-state index in [0.717, 1.165) is 10.3 Å². The highest BCUT2D eigenvalue weighted by atomic mass is 32.2. The van der Waals surface area contributed by atoms with E-state index in [-0.39, 0.29) is 0 Å². The summed E-state index contributed by atoms with van der Waals surface area (Å²) < 4.78 is 6.35. The van der Waals surface area contributed by atoms with Gasteiger partial charge in [-0.3, -0.25) is 0 Å². The largest absolute Gasteiger partial charge is 0.406 e. The van der Waals surface area contributed by atoms with Gasteiger partial charge < -0.3 is 4.42 Å². The van der Waals surface area contributed by atoms with Crippen LogP contribution < -0.4 is 0 Å². The molecule has 0 atom stereocenters. The van der Waals surface area contributed by atoms with Gasteiger partial charge in [-0.15, -0.1) is 28.6 Å². The smallest absolute Gasteiger partial charge is 0.344 e. The third-order valence-electron chi connectivity index (χ3n) is 1.89. The van der Waals surface area contributed by atoms with E-state index in [4.69, 9.17) is 4.42 Å². The van der Waals surface area contributed by atoms with Crippen LogP contribution in [-0.2, 0) is 0 Å². The van der Waals surface area contributed by atoms with E-state index in [1.165, 1.54) is 12.8 Å². The van der Waals surface area contributed by atoms with E-state index in [2.05, 4.69) is 15.2 Å². The highest BCUT2D eigenvalue weighted by Crippen LogP contribution is 2.39. The maximum absolute atomic E-state index is 5.41. The second-order valence-electron chi connectivity index (χ2n) is 2.98. The Morgan fingerprint density at radius 2 is 2.07 bits per heavy atom. The summed E-state index contributed by atoms with van der Waals surface area (Å²) >= 11 is 3.17. The van der Waals surface area contributed by atoms with E-state index in [1.54, 1.807) is 23.5 Å². The molecule has 0 N–H and O–H groups in total. The second kappa shape index (κ2) is 4.35. The second-order valence-corrected chi connectivity index (χ2v) is 4.83. The van der Waals surface area contributed by atoms with Crippen molar-refractivity contribution in [2.24, 2.45) is 4.99 Å². The van der Waals surface area contributed by atoms with E-state index in [0.29, 0.717) is 11.9 Å². The summed E-state index contributed by atoms with van der Waals surface area (Å²) in [6, 6.07) is 0.380. The van der Waals surface area contributed by atoms with Gasteiger partial charge in [-0.2, -0.15) is 4.99 Å². The molecule has 1 fully saturated rings. The highest BCUT2D eigenvalue weighted by molar-refractivity contribution is 8.38. The van der Waals surface area contributed by atoms with Crippen molar-refractivity contribution < 1.29 is 4.42 Å². The molecule has 76 valence electrons. The molecule has 4 nitrogen and oxygen atoms in total. The maximum atomic E-state index is 5.41. The fraction of sp³-hybridized carbons (Fsp3) is 0.625. The quantitative estimate of drug-likeness (QED) is 0.576. The molecule has 0 bridgehead atoms. The number of hydrogen-bond acceptors (Lipinski definition) is 6. The molecule has 0 saturated heterocycles. The molecule has 1 aliphatic rings. The first-order chi connectivity index (χ1) is 6.83. The number of rotatable bonds is 2. The van der Waals surface area contributed by atoms with Crippen LogP contribution in [0.2, 0.25) is 0 Å². The molecule has 1 heterocycles. The fourth-order valence-electron chi connectivity index (χ4n) is 1.02. The van der Waals surface area contributed by atoms with E-state index in [9.17, 15) is 0 Å². The molecule has 14 heavy (non-hydrogen) atoms. The topological polar surface area (TPSA) is 51.3 Å². The minimum Gasteiger partial charge on any atom is -0.406 e. The molecule has 0 aliphatic heterocycles. The lowest BCUT2D eigenvalue weighted by molar-refractivity contribution is 0.506. The Morgan fingerprint density at radius 3 is 2.64 bits per heavy atom. The number of hydrogen-bond donors (Lipinski definition) is 0. The van der Waals surface area contributed by atoms with Gasteiger partial charge in [0.25, 0.3) is 0 Å². The van der Waals surface area contributed by atoms with Gasteiger partial charge in [-0.05, 0) is 25.4 Å². The SMILES string of the molecule is CSC(=Nc1nnc(C2CC2)o1)SC. The summed E-state index contributed by atoms with van der Waals surface area (Å²) in [7, 11) is 0. The first-order valence-electron chi connectivity index (χ1n) is 4.33. The minimum atomic E-state index is 0.380. The molecule has 1 aliphatic carbocycles. The third-order valence-corrected chi connectivity index (χ3v) is 3.77. The van der Waals surface area contributed by atoms with Crippen molar-refractivity contribution in [3.63, 3.8) is 0 Å². The van der Waals surface area contributed by atoms with Gasteiger partial charge in [0.1, 0.15) is 4.38 Å². The van der Waals surface area contributed by atoms with Gasteiger partial charge in [-0.25, -0.2) is 0 Å². The lowest BCUT2D eigenvalue weighted by Crippen LogP contribution is -1.80. The standard InChI is InChI=1S/C8H11N3OS2/c1-13-8(14-2)9-7-11-10-6(12-7)5-3-4-5/h5H,3-4H2,1-2H3. The van der Waals surface area contributed by atoms with Crippen molar-refractivity contribution in [2.45, 2.75) is 18.8 Å². The lowest BCUT2D eigenvalue weighted by Gasteiger charge is -1.93. The molecule has 0 radical (unpaired) electrons. The Balaban J connectivity index is 2.11. The summed E-state index contributed by atoms with van der Waals surface area (Å²) in [5.74, 6) is 1.24. The first-order valence-corrected chi connectivity index (χ1v) is 6.78. The predicted octanol–water partition coefficient (Wildman–Crippen LogP) is 2.66. The first kappa shape index (κ1) is 10.0. The van der Waals surface area contributed by atoms with Crippen molar-refractivity contribution in [2.75, 3.05) is 12.5 Å². The molecule has 0 unspecified atom stereocenters. The Kier molecular flexibility index (Phi) is 3.12. The van der Waals surface area contributed by atoms with Gasteiger partial charge in [0, 0.05) is 5.92 Å². The van der Waals surface area contributed by atoms with Crippen LogP contribution in [0.4, 0.5) is 6.01 Å². The molecule has 0 aromatic carbocycles. The summed E-state index contributed by atoms with van der Waals surface area (Å²) in [5.41, 5.74) is 0. The Labute approximate surface area is 91.0 Å². The van der Waals surface area contributed by atoms with Crippen LogP contribution in [0, 0.1) is 0 Å². The number of aromatic nitrogens is 2. The zero-order chi connectivity index (χ0) is 9.97. The van der Waals surface area contributed by atoms with Gasteiger partial charge >= 0.3 is 6.01 Å². The van der Waals surface area contributed by atoms with Gasteiger partial charge in [0.15, 0.2) is 0 Å². The summed E-state index contributed by atoms with van der Waals surface area (Å²) in [5, 5.41) is 7.84. The number of nitrogens with zero attached hydrogens (tertiary/aromatic N) is 3. The van der Waals surface area contributed by atoms with Crippen LogP contribution in [0.3, 0.4) is 0 Å². The number of thioether (sulfide) groups is 2. The van der Waals surface area contributed by atoms with E-state index >= 15 is 0 Å². The molecule has 2 rings (SSSR count). The van der Waals surface area contributed by atoms with Crippen LogP contribution in [0.1, 0.15) is 24.7 Å².